The van der Waals surface area contributed by atoms with Gasteiger partial charge >= 0.3 is 0 Å². The predicted molar refractivity (Wildman–Crippen MR) is 153 cm³/mol. The van der Waals surface area contributed by atoms with Crippen LogP contribution in [-0.2, 0) is 16.6 Å². The third kappa shape index (κ3) is 6.04. The third-order valence-electron chi connectivity index (χ3n) is 6.25. The van der Waals surface area contributed by atoms with E-state index in [1.807, 2.05) is 12.1 Å². The Morgan fingerprint density at radius 3 is 2.42 bits per heavy atom. The van der Waals surface area contributed by atoms with E-state index in [4.69, 9.17) is 4.74 Å². The Bertz CT molecular complexity index is 1700. The van der Waals surface area contributed by atoms with E-state index in [0.717, 1.165) is 24.1 Å². The van der Waals surface area contributed by atoms with Crippen LogP contribution in [0.2, 0.25) is 0 Å². The van der Waals surface area contributed by atoms with Crippen molar-refractivity contribution in [1.82, 2.24) is 9.88 Å². The molecule has 4 aromatic carbocycles. The Hall–Kier alpha value is -4.14. The quantitative estimate of drug-likeness (QED) is 0.185. The average molecular weight is 528 g/mol. The van der Waals surface area contributed by atoms with Crippen LogP contribution >= 0.6 is 0 Å². The second-order valence-corrected chi connectivity index (χ2v) is 10.9. The van der Waals surface area contributed by atoms with Gasteiger partial charge in [-0.3, -0.25) is 9.52 Å². The van der Waals surface area contributed by atoms with Crippen molar-refractivity contribution in [2.45, 2.75) is 6.54 Å². The molecule has 0 spiro atoms. The second-order valence-electron chi connectivity index (χ2n) is 9.17. The Morgan fingerprint density at radius 2 is 1.61 bits per heavy atom. The van der Waals surface area contributed by atoms with E-state index >= 15 is 0 Å². The molecule has 0 saturated carbocycles. The van der Waals surface area contributed by atoms with Gasteiger partial charge in [-0.2, -0.15) is 0 Å². The molecule has 2 N–H and O–H groups in total. The number of hydrogen-bond acceptors (Lipinski definition) is 5. The summed E-state index contributed by atoms with van der Waals surface area (Å²) in [5.74, 6) is 0.635. The van der Waals surface area contributed by atoms with E-state index in [0.29, 0.717) is 24.4 Å². The van der Waals surface area contributed by atoms with Crippen LogP contribution in [-0.4, -0.2) is 44.7 Å². The molecule has 5 rings (SSSR count). The largest absolute Gasteiger partial charge is 0.492 e. The molecule has 0 amide bonds. The molecular formula is C30H29N3O4S. The van der Waals surface area contributed by atoms with Gasteiger partial charge in [0.05, 0.1) is 18.3 Å². The number of Topliss-reactive ketones (excluding diaryl/α,β-unsaturated/α-hetero) is 1. The van der Waals surface area contributed by atoms with Gasteiger partial charge in [0.25, 0.3) is 0 Å². The fourth-order valence-corrected chi connectivity index (χ4v) is 5.13. The van der Waals surface area contributed by atoms with Gasteiger partial charge in [-0.25, -0.2) is 8.42 Å². The standard InChI is InChI=1S/C30H29N3O4S/c1-38(35,36)32-24-11-7-10-23(18-24)30(34)20-31-16-17-37-25-14-15-27-26-12-5-6-13-28(26)33(29(27)19-25)21-22-8-3-2-4-9-22/h2-15,18-19,31-32H,16-17,20-21H2,1H3. The number of rotatable bonds is 11. The van der Waals surface area contributed by atoms with Gasteiger partial charge in [0.2, 0.25) is 10.0 Å². The molecule has 7 nitrogen and oxygen atoms in total. The molecule has 0 saturated heterocycles. The summed E-state index contributed by atoms with van der Waals surface area (Å²) in [5.41, 5.74) is 4.32. The van der Waals surface area contributed by atoms with Crippen LogP contribution in [0.4, 0.5) is 5.69 Å². The van der Waals surface area contributed by atoms with E-state index in [1.165, 1.54) is 27.9 Å². The fraction of sp³-hybridized carbons (Fsp3) is 0.167. The van der Waals surface area contributed by atoms with Crippen molar-refractivity contribution in [3.05, 3.63) is 108 Å². The Balaban J connectivity index is 1.22. The topological polar surface area (TPSA) is 89.4 Å². The van der Waals surface area contributed by atoms with E-state index in [1.54, 1.807) is 18.2 Å². The predicted octanol–water partition coefficient (Wildman–Crippen LogP) is 5.07. The number of fused-ring (bicyclic) bond motifs is 3. The molecule has 1 aromatic heterocycles. The third-order valence-corrected chi connectivity index (χ3v) is 6.86. The number of nitrogens with zero attached hydrogens (tertiary/aromatic N) is 1. The molecular weight excluding hydrogens is 498 g/mol. The van der Waals surface area contributed by atoms with Gasteiger partial charge in [-0.1, -0.05) is 60.7 Å². The van der Waals surface area contributed by atoms with E-state index in [2.05, 4.69) is 75.3 Å². The maximum atomic E-state index is 12.5. The van der Waals surface area contributed by atoms with Crippen LogP contribution in [0, 0.1) is 0 Å². The highest BCUT2D eigenvalue weighted by Gasteiger charge is 2.12. The lowest BCUT2D eigenvalue weighted by molar-refractivity contribution is 0.0990. The maximum absolute atomic E-state index is 12.5. The average Bonchev–Trinajstić information content (AvgIpc) is 3.21. The van der Waals surface area contributed by atoms with Crippen molar-refractivity contribution in [3.63, 3.8) is 0 Å². The molecule has 0 fully saturated rings. The van der Waals surface area contributed by atoms with E-state index in [-0.39, 0.29) is 12.3 Å². The molecule has 0 aliphatic carbocycles. The van der Waals surface area contributed by atoms with Crippen molar-refractivity contribution in [1.29, 1.82) is 0 Å². The van der Waals surface area contributed by atoms with Crippen LogP contribution < -0.4 is 14.8 Å². The van der Waals surface area contributed by atoms with Crippen LogP contribution in [0.5, 0.6) is 5.75 Å². The summed E-state index contributed by atoms with van der Waals surface area (Å²) in [5, 5.41) is 5.50. The summed E-state index contributed by atoms with van der Waals surface area (Å²) < 4.78 is 33.6. The van der Waals surface area contributed by atoms with Gasteiger partial charge in [-0.05, 0) is 35.9 Å². The van der Waals surface area contributed by atoms with Crippen molar-refractivity contribution >= 4 is 43.3 Å². The lowest BCUT2D eigenvalue weighted by Crippen LogP contribution is -2.27. The molecule has 5 aromatic rings. The number of benzene rings is 4. The Kier molecular flexibility index (Phi) is 7.44. The minimum absolute atomic E-state index is 0.121. The monoisotopic (exact) mass is 527 g/mol. The SMILES string of the molecule is CS(=O)(=O)Nc1cccc(C(=O)CNCCOc2ccc3c4ccccc4n(Cc4ccccc4)c3c2)c1. The van der Waals surface area contributed by atoms with Crippen molar-refractivity contribution in [2.75, 3.05) is 30.7 Å². The highest BCUT2D eigenvalue weighted by atomic mass is 32.2. The van der Waals surface area contributed by atoms with Crippen molar-refractivity contribution in [3.8, 4) is 5.75 Å². The van der Waals surface area contributed by atoms with Gasteiger partial charge < -0.3 is 14.6 Å². The minimum atomic E-state index is -3.41. The highest BCUT2D eigenvalue weighted by molar-refractivity contribution is 7.92. The van der Waals surface area contributed by atoms with Gasteiger partial charge in [-0.15, -0.1) is 0 Å². The van der Waals surface area contributed by atoms with Crippen LogP contribution in [0.1, 0.15) is 15.9 Å². The first-order valence-electron chi connectivity index (χ1n) is 12.4. The van der Waals surface area contributed by atoms with E-state index < -0.39 is 10.0 Å². The number of ketones is 1. The fourth-order valence-electron chi connectivity index (χ4n) is 4.57. The molecule has 0 bridgehead atoms. The molecule has 0 unspecified atom stereocenters. The number of carbonyl (C=O) groups is 1. The van der Waals surface area contributed by atoms with Gasteiger partial charge in [0, 0.05) is 46.7 Å². The maximum Gasteiger partial charge on any atom is 0.229 e. The molecule has 0 aliphatic rings. The van der Waals surface area contributed by atoms with Gasteiger partial charge in [0.1, 0.15) is 12.4 Å². The van der Waals surface area contributed by atoms with Crippen molar-refractivity contribution in [2.24, 2.45) is 0 Å². The number of carbonyl (C=O) groups excluding carboxylic acids is 1. The van der Waals surface area contributed by atoms with Gasteiger partial charge in [0.15, 0.2) is 5.78 Å². The van der Waals surface area contributed by atoms with Crippen LogP contribution in [0.3, 0.4) is 0 Å². The number of sulfonamides is 1. The smallest absolute Gasteiger partial charge is 0.229 e. The normalized spacial score (nSPS) is 11.6. The summed E-state index contributed by atoms with van der Waals surface area (Å²) in [7, 11) is -3.41. The zero-order valence-corrected chi connectivity index (χ0v) is 21.9. The second kappa shape index (κ2) is 11.1. The first-order valence-corrected chi connectivity index (χ1v) is 14.3. The Morgan fingerprint density at radius 1 is 0.842 bits per heavy atom. The Labute approximate surface area is 222 Å². The summed E-state index contributed by atoms with van der Waals surface area (Å²) in [6.07, 6.45) is 1.07. The summed E-state index contributed by atoms with van der Waals surface area (Å²) in [4.78, 5) is 12.5. The number of aromatic nitrogens is 1. The number of para-hydroxylation sites is 1. The molecule has 0 aliphatic heterocycles. The molecule has 38 heavy (non-hydrogen) atoms. The van der Waals surface area contributed by atoms with Crippen LogP contribution in [0.15, 0.2) is 97.1 Å². The molecule has 0 atom stereocenters. The number of nitrogens with one attached hydrogen (secondary N) is 2. The lowest BCUT2D eigenvalue weighted by Gasteiger charge is -2.10. The zero-order valence-electron chi connectivity index (χ0n) is 21.1. The van der Waals surface area contributed by atoms with Crippen molar-refractivity contribution < 1.29 is 17.9 Å². The molecule has 0 radical (unpaired) electrons. The number of anilines is 1. The lowest BCUT2D eigenvalue weighted by atomic mass is 10.1. The van der Waals surface area contributed by atoms with E-state index in [9.17, 15) is 13.2 Å². The highest BCUT2D eigenvalue weighted by Crippen LogP contribution is 2.32. The minimum Gasteiger partial charge on any atom is -0.492 e. The number of hydrogen-bond donors (Lipinski definition) is 2. The zero-order chi connectivity index (χ0) is 26.5. The summed E-state index contributed by atoms with van der Waals surface area (Å²) >= 11 is 0. The first kappa shape index (κ1) is 25.5. The molecule has 194 valence electrons. The summed E-state index contributed by atoms with van der Waals surface area (Å²) in [6, 6.07) is 31.4. The molecule has 1 heterocycles. The first-order chi connectivity index (χ1) is 18.4. The summed E-state index contributed by atoms with van der Waals surface area (Å²) in [6.45, 7) is 1.76. The van der Waals surface area contributed by atoms with Crippen LogP contribution in [0.25, 0.3) is 21.8 Å². The molecule has 8 heteroatoms. The number of ether oxygens (including phenoxy) is 1.